The van der Waals surface area contributed by atoms with Crippen molar-refractivity contribution in [1.29, 1.82) is 0 Å². The largest absolute Gasteiger partial charge is 0.493 e. The minimum atomic E-state index is -0.372. The number of methoxy groups -OCH3 is 1. The second-order valence-corrected chi connectivity index (χ2v) is 5.16. The molecule has 1 aliphatic heterocycles. The molecule has 0 bridgehead atoms. The highest BCUT2D eigenvalue weighted by Crippen LogP contribution is 2.25. The topological polar surface area (TPSA) is 85.9 Å². The number of carbonyl (C=O) groups excluding carboxylic acids is 2. The van der Waals surface area contributed by atoms with E-state index in [1.54, 1.807) is 18.2 Å². The number of rotatable bonds is 8. The van der Waals surface area contributed by atoms with Crippen LogP contribution in [0.15, 0.2) is 24.3 Å². The Morgan fingerprint density at radius 2 is 2.00 bits per heavy atom. The van der Waals surface area contributed by atoms with Gasteiger partial charge in [-0.25, -0.2) is 0 Å². The van der Waals surface area contributed by atoms with Crippen LogP contribution in [-0.4, -0.2) is 51.3 Å². The van der Waals surface area contributed by atoms with E-state index in [-0.39, 0.29) is 31.1 Å². The van der Waals surface area contributed by atoms with Crippen LogP contribution in [0.5, 0.6) is 11.5 Å². The van der Waals surface area contributed by atoms with E-state index in [9.17, 15) is 9.59 Å². The second kappa shape index (κ2) is 8.99. The zero-order valence-electron chi connectivity index (χ0n) is 13.2. The molecule has 23 heavy (non-hydrogen) atoms. The van der Waals surface area contributed by atoms with Crippen LogP contribution in [0.2, 0.25) is 0 Å². The van der Waals surface area contributed by atoms with Gasteiger partial charge in [0.15, 0.2) is 18.1 Å². The lowest BCUT2D eigenvalue weighted by Crippen LogP contribution is -2.41. The summed E-state index contributed by atoms with van der Waals surface area (Å²) in [5.41, 5.74) is 0. The fraction of sp³-hybridized carbons (Fsp3) is 0.500. The van der Waals surface area contributed by atoms with Crippen molar-refractivity contribution in [2.75, 3.05) is 33.4 Å². The van der Waals surface area contributed by atoms with Gasteiger partial charge in [0.1, 0.15) is 0 Å². The molecule has 7 heteroatoms. The van der Waals surface area contributed by atoms with Crippen LogP contribution in [0.1, 0.15) is 12.8 Å². The lowest BCUT2D eigenvalue weighted by atomic mass is 10.2. The van der Waals surface area contributed by atoms with Gasteiger partial charge in [-0.1, -0.05) is 12.1 Å². The van der Waals surface area contributed by atoms with Crippen molar-refractivity contribution in [3.05, 3.63) is 24.3 Å². The van der Waals surface area contributed by atoms with Gasteiger partial charge in [-0.2, -0.15) is 0 Å². The summed E-state index contributed by atoms with van der Waals surface area (Å²) in [6.45, 7) is 0.963. The van der Waals surface area contributed by atoms with Crippen LogP contribution in [-0.2, 0) is 14.3 Å². The number of ether oxygens (including phenoxy) is 3. The number of hydrogen-bond acceptors (Lipinski definition) is 5. The molecule has 0 saturated carbocycles. The van der Waals surface area contributed by atoms with Crippen LogP contribution in [0.4, 0.5) is 0 Å². The maximum Gasteiger partial charge on any atom is 0.258 e. The first-order valence-electron chi connectivity index (χ1n) is 7.60. The van der Waals surface area contributed by atoms with Crippen LogP contribution in [0.3, 0.4) is 0 Å². The highest BCUT2D eigenvalue weighted by Gasteiger charge is 2.16. The lowest BCUT2D eigenvalue weighted by molar-refractivity contribution is -0.127. The van der Waals surface area contributed by atoms with E-state index in [2.05, 4.69) is 10.6 Å². The molecule has 2 amide bonds. The van der Waals surface area contributed by atoms with Crippen LogP contribution >= 0.6 is 0 Å². The minimum absolute atomic E-state index is 0.0825. The average molecular weight is 322 g/mol. The van der Waals surface area contributed by atoms with Crippen LogP contribution in [0, 0.1) is 0 Å². The molecule has 0 aliphatic carbocycles. The summed E-state index contributed by atoms with van der Waals surface area (Å²) in [6, 6.07) is 7.05. The Kier molecular flexibility index (Phi) is 6.68. The Labute approximate surface area is 135 Å². The number of carbonyl (C=O) groups is 2. The van der Waals surface area contributed by atoms with Crippen molar-refractivity contribution in [3.8, 4) is 11.5 Å². The van der Waals surface area contributed by atoms with Gasteiger partial charge in [0, 0.05) is 13.2 Å². The fourth-order valence-corrected chi connectivity index (χ4v) is 2.21. The lowest BCUT2D eigenvalue weighted by Gasteiger charge is -2.12. The summed E-state index contributed by atoms with van der Waals surface area (Å²) < 4.78 is 15.9. The van der Waals surface area contributed by atoms with Crippen molar-refractivity contribution in [3.63, 3.8) is 0 Å². The minimum Gasteiger partial charge on any atom is -0.493 e. The van der Waals surface area contributed by atoms with Gasteiger partial charge >= 0.3 is 0 Å². The summed E-state index contributed by atoms with van der Waals surface area (Å²) in [6.07, 6.45) is 2.07. The summed E-state index contributed by atoms with van der Waals surface area (Å²) in [5.74, 6) is 0.414. The maximum absolute atomic E-state index is 11.7. The first-order chi connectivity index (χ1) is 11.2. The Hall–Kier alpha value is -2.28. The normalized spacial score (nSPS) is 16.7. The van der Waals surface area contributed by atoms with Gasteiger partial charge in [0.2, 0.25) is 5.91 Å². The van der Waals surface area contributed by atoms with Crippen molar-refractivity contribution in [1.82, 2.24) is 10.6 Å². The number of amides is 2. The third-order valence-corrected chi connectivity index (χ3v) is 3.42. The SMILES string of the molecule is COc1ccccc1OCC(=O)NCC(=O)NCC1CCCO1. The van der Waals surface area contributed by atoms with Crippen LogP contribution in [0.25, 0.3) is 0 Å². The molecular formula is C16H22N2O5. The summed E-state index contributed by atoms with van der Waals surface area (Å²) in [4.78, 5) is 23.3. The number of benzene rings is 1. The van der Waals surface area contributed by atoms with Crippen molar-refractivity contribution >= 4 is 11.8 Å². The number of nitrogens with one attached hydrogen (secondary N) is 2. The van der Waals surface area contributed by atoms with Gasteiger partial charge in [0.05, 0.1) is 19.8 Å². The predicted octanol–water partition coefficient (Wildman–Crippen LogP) is 0.485. The fourth-order valence-electron chi connectivity index (χ4n) is 2.21. The molecule has 126 valence electrons. The monoisotopic (exact) mass is 322 g/mol. The van der Waals surface area contributed by atoms with Gasteiger partial charge in [0.25, 0.3) is 5.91 Å². The van der Waals surface area contributed by atoms with E-state index in [1.807, 2.05) is 6.07 Å². The first kappa shape index (κ1) is 17.1. The Bertz CT molecular complexity index is 529. The predicted molar refractivity (Wildman–Crippen MR) is 83.5 cm³/mol. The molecule has 1 aromatic carbocycles. The molecule has 1 unspecified atom stereocenters. The molecule has 1 heterocycles. The number of hydrogen-bond donors (Lipinski definition) is 2. The standard InChI is InChI=1S/C16H22N2O5/c1-21-13-6-2-3-7-14(13)23-11-16(20)18-10-15(19)17-9-12-5-4-8-22-12/h2-3,6-7,12H,4-5,8-11H2,1H3,(H,17,19)(H,18,20). The molecule has 1 aliphatic rings. The molecule has 0 spiro atoms. The molecule has 2 N–H and O–H groups in total. The number of para-hydroxylation sites is 2. The zero-order chi connectivity index (χ0) is 16.5. The third kappa shape index (κ3) is 5.78. The summed E-state index contributed by atoms with van der Waals surface area (Å²) in [7, 11) is 1.53. The molecule has 7 nitrogen and oxygen atoms in total. The highest BCUT2D eigenvalue weighted by molar-refractivity contribution is 5.85. The van der Waals surface area contributed by atoms with Gasteiger partial charge in [-0.05, 0) is 25.0 Å². The van der Waals surface area contributed by atoms with E-state index in [0.29, 0.717) is 18.0 Å². The Morgan fingerprint density at radius 3 is 2.70 bits per heavy atom. The van der Waals surface area contributed by atoms with E-state index in [1.165, 1.54) is 7.11 Å². The molecule has 1 aromatic rings. The summed E-state index contributed by atoms with van der Waals surface area (Å²) in [5, 5.41) is 5.24. The highest BCUT2D eigenvalue weighted by atomic mass is 16.5. The maximum atomic E-state index is 11.7. The Morgan fingerprint density at radius 1 is 1.22 bits per heavy atom. The molecule has 2 rings (SSSR count). The first-order valence-corrected chi connectivity index (χ1v) is 7.60. The van der Waals surface area contributed by atoms with Crippen molar-refractivity contribution in [2.45, 2.75) is 18.9 Å². The third-order valence-electron chi connectivity index (χ3n) is 3.42. The van der Waals surface area contributed by atoms with Gasteiger partial charge < -0.3 is 24.8 Å². The molecule has 1 saturated heterocycles. The molecule has 0 radical (unpaired) electrons. The van der Waals surface area contributed by atoms with Crippen molar-refractivity contribution < 1.29 is 23.8 Å². The quantitative estimate of drug-likeness (QED) is 0.727. The zero-order valence-corrected chi connectivity index (χ0v) is 13.2. The van der Waals surface area contributed by atoms with E-state index < -0.39 is 0 Å². The van der Waals surface area contributed by atoms with E-state index in [0.717, 1.165) is 19.4 Å². The molecule has 0 aromatic heterocycles. The molecule has 1 atom stereocenters. The van der Waals surface area contributed by atoms with Crippen LogP contribution < -0.4 is 20.1 Å². The van der Waals surface area contributed by atoms with E-state index in [4.69, 9.17) is 14.2 Å². The van der Waals surface area contributed by atoms with Gasteiger partial charge in [-0.15, -0.1) is 0 Å². The Balaban J connectivity index is 1.63. The average Bonchev–Trinajstić information content (AvgIpc) is 3.10. The summed E-state index contributed by atoms with van der Waals surface area (Å²) >= 11 is 0. The molecule has 1 fully saturated rings. The second-order valence-electron chi connectivity index (χ2n) is 5.16. The molecular weight excluding hydrogens is 300 g/mol. The van der Waals surface area contributed by atoms with Gasteiger partial charge in [-0.3, -0.25) is 9.59 Å². The smallest absolute Gasteiger partial charge is 0.258 e. The van der Waals surface area contributed by atoms with E-state index >= 15 is 0 Å². The van der Waals surface area contributed by atoms with Crippen molar-refractivity contribution in [2.24, 2.45) is 0 Å².